The van der Waals surface area contributed by atoms with Crippen LogP contribution < -0.4 is 4.74 Å². The largest absolute Gasteiger partial charge is 0.488 e. The molecule has 29 heavy (non-hydrogen) atoms. The summed E-state index contributed by atoms with van der Waals surface area (Å²) in [7, 11) is 4.60. The first kappa shape index (κ1) is 20.5. The molecule has 0 bridgehead atoms. The Balaban J connectivity index is 1.35. The van der Waals surface area contributed by atoms with E-state index in [1.54, 1.807) is 6.26 Å². The lowest BCUT2D eigenvalue weighted by molar-refractivity contribution is -0.888. The number of thioether (sulfide) groups is 2. The van der Waals surface area contributed by atoms with Gasteiger partial charge in [0.1, 0.15) is 24.7 Å². The van der Waals surface area contributed by atoms with Gasteiger partial charge in [-0.15, -0.1) is 23.5 Å². The fourth-order valence-corrected chi connectivity index (χ4v) is 6.77. The molecule has 0 atom stereocenters. The van der Waals surface area contributed by atoms with Gasteiger partial charge < -0.3 is 13.6 Å². The van der Waals surface area contributed by atoms with Crippen LogP contribution in [0.3, 0.4) is 0 Å². The molecule has 0 radical (unpaired) electrons. The van der Waals surface area contributed by atoms with Crippen LogP contribution in [0.15, 0.2) is 71.3 Å². The van der Waals surface area contributed by atoms with Crippen LogP contribution in [-0.4, -0.2) is 54.4 Å². The SMILES string of the molecule is C[N+](C)(CCOc1ccc(-c2occc2-c2ccccc2)cc1)CC1SCCS1. The zero-order valence-corrected chi connectivity index (χ0v) is 18.7. The topological polar surface area (TPSA) is 22.4 Å². The predicted molar refractivity (Wildman–Crippen MR) is 126 cm³/mol. The Bertz CT molecular complexity index is 900. The van der Waals surface area contributed by atoms with Crippen molar-refractivity contribution in [3.05, 3.63) is 66.9 Å². The summed E-state index contributed by atoms with van der Waals surface area (Å²) in [6, 6.07) is 20.6. The molecular weight excluding hydrogens is 398 g/mol. The van der Waals surface area contributed by atoms with E-state index in [0.717, 1.165) is 50.4 Å². The van der Waals surface area contributed by atoms with Crippen LogP contribution in [0.2, 0.25) is 0 Å². The van der Waals surface area contributed by atoms with Gasteiger partial charge in [0.05, 0.1) is 31.5 Å². The second-order valence-electron chi connectivity index (χ2n) is 7.92. The van der Waals surface area contributed by atoms with Gasteiger partial charge in [0, 0.05) is 22.6 Å². The molecule has 2 heterocycles. The summed E-state index contributed by atoms with van der Waals surface area (Å²) in [6.07, 6.45) is 1.75. The van der Waals surface area contributed by atoms with Crippen molar-refractivity contribution in [2.75, 3.05) is 45.3 Å². The number of furan rings is 1. The van der Waals surface area contributed by atoms with Gasteiger partial charge in [-0.3, -0.25) is 0 Å². The number of quaternary nitrogens is 1. The first-order valence-electron chi connectivity index (χ1n) is 10.0. The van der Waals surface area contributed by atoms with E-state index in [1.165, 1.54) is 18.1 Å². The summed E-state index contributed by atoms with van der Waals surface area (Å²) in [6.45, 7) is 2.93. The summed E-state index contributed by atoms with van der Waals surface area (Å²) in [5.74, 6) is 4.39. The third kappa shape index (κ3) is 5.41. The Morgan fingerprint density at radius 2 is 1.66 bits per heavy atom. The third-order valence-electron chi connectivity index (χ3n) is 5.17. The fraction of sp³-hybridized carbons (Fsp3) is 0.333. The molecule has 5 heteroatoms. The van der Waals surface area contributed by atoms with Crippen LogP contribution in [0.4, 0.5) is 0 Å². The molecule has 1 aromatic heterocycles. The van der Waals surface area contributed by atoms with Gasteiger partial charge in [0.2, 0.25) is 0 Å². The van der Waals surface area contributed by atoms with E-state index in [4.69, 9.17) is 9.15 Å². The molecule has 4 rings (SSSR count). The number of nitrogens with zero attached hydrogens (tertiary/aromatic N) is 1. The van der Waals surface area contributed by atoms with Crippen molar-refractivity contribution < 1.29 is 13.6 Å². The Morgan fingerprint density at radius 1 is 0.931 bits per heavy atom. The van der Waals surface area contributed by atoms with E-state index in [2.05, 4.69) is 61.9 Å². The number of likely N-dealkylation sites (N-methyl/N-ethyl adjacent to an activating group) is 1. The number of benzene rings is 2. The van der Waals surface area contributed by atoms with E-state index >= 15 is 0 Å². The first-order valence-corrected chi connectivity index (χ1v) is 12.1. The minimum absolute atomic E-state index is 0.727. The maximum atomic E-state index is 6.03. The predicted octanol–water partition coefficient (Wildman–Crippen LogP) is 5.87. The molecule has 0 saturated carbocycles. The van der Waals surface area contributed by atoms with Crippen LogP contribution in [-0.2, 0) is 0 Å². The quantitative estimate of drug-likeness (QED) is 0.420. The lowest BCUT2D eigenvalue weighted by Gasteiger charge is -2.31. The molecule has 0 aliphatic carbocycles. The number of ether oxygens (including phenoxy) is 1. The molecule has 0 amide bonds. The Labute approximate surface area is 182 Å². The summed E-state index contributed by atoms with van der Waals surface area (Å²) >= 11 is 4.19. The molecule has 1 saturated heterocycles. The summed E-state index contributed by atoms with van der Waals surface area (Å²) in [4.78, 5) is 0. The molecule has 2 aromatic carbocycles. The van der Waals surface area contributed by atoms with Crippen molar-refractivity contribution in [3.63, 3.8) is 0 Å². The molecule has 0 unspecified atom stereocenters. The van der Waals surface area contributed by atoms with E-state index < -0.39 is 0 Å². The van der Waals surface area contributed by atoms with Crippen molar-refractivity contribution in [2.45, 2.75) is 4.58 Å². The van der Waals surface area contributed by atoms with Crippen LogP contribution in [0.5, 0.6) is 5.75 Å². The zero-order valence-electron chi connectivity index (χ0n) is 17.0. The average molecular weight is 427 g/mol. The second kappa shape index (κ2) is 9.33. The van der Waals surface area contributed by atoms with Crippen LogP contribution in [0.25, 0.3) is 22.5 Å². The Hall–Kier alpha value is -1.82. The molecule has 3 aromatic rings. The summed E-state index contributed by atoms with van der Waals surface area (Å²) in [5, 5.41) is 0. The normalized spacial score (nSPS) is 15.0. The van der Waals surface area contributed by atoms with Crippen LogP contribution in [0, 0.1) is 0 Å². The van der Waals surface area contributed by atoms with Crippen molar-refractivity contribution in [1.82, 2.24) is 0 Å². The lowest BCUT2D eigenvalue weighted by atomic mass is 10.0. The highest BCUT2D eigenvalue weighted by molar-refractivity contribution is 8.20. The molecule has 1 fully saturated rings. The summed E-state index contributed by atoms with van der Waals surface area (Å²) < 4.78 is 13.5. The van der Waals surface area contributed by atoms with E-state index in [1.807, 2.05) is 36.4 Å². The van der Waals surface area contributed by atoms with Crippen molar-refractivity contribution in [1.29, 1.82) is 0 Å². The Kier molecular flexibility index (Phi) is 6.58. The lowest BCUT2D eigenvalue weighted by Crippen LogP contribution is -2.46. The van der Waals surface area contributed by atoms with Crippen molar-refractivity contribution in [2.24, 2.45) is 0 Å². The molecule has 1 aliphatic heterocycles. The molecular formula is C24H28NO2S2+. The van der Waals surface area contributed by atoms with Crippen LogP contribution in [0.1, 0.15) is 0 Å². The highest BCUT2D eigenvalue weighted by Gasteiger charge is 2.26. The molecule has 0 spiro atoms. The van der Waals surface area contributed by atoms with E-state index in [9.17, 15) is 0 Å². The minimum Gasteiger partial charge on any atom is -0.488 e. The first-order chi connectivity index (χ1) is 14.1. The average Bonchev–Trinajstić information content (AvgIpc) is 3.41. The smallest absolute Gasteiger partial charge is 0.141 e. The number of hydrogen-bond acceptors (Lipinski definition) is 4. The van der Waals surface area contributed by atoms with E-state index in [-0.39, 0.29) is 0 Å². The second-order valence-corrected chi connectivity index (χ2v) is 10.8. The molecule has 152 valence electrons. The van der Waals surface area contributed by atoms with Gasteiger partial charge in [-0.05, 0) is 35.9 Å². The highest BCUT2D eigenvalue weighted by Crippen LogP contribution is 2.34. The highest BCUT2D eigenvalue weighted by atomic mass is 32.2. The van der Waals surface area contributed by atoms with E-state index in [0.29, 0.717) is 0 Å². The molecule has 0 N–H and O–H groups in total. The Morgan fingerprint density at radius 3 is 2.38 bits per heavy atom. The number of rotatable bonds is 8. The maximum absolute atomic E-state index is 6.03. The number of hydrogen-bond donors (Lipinski definition) is 0. The minimum atomic E-state index is 0.727. The monoisotopic (exact) mass is 426 g/mol. The van der Waals surface area contributed by atoms with Gasteiger partial charge in [-0.2, -0.15) is 0 Å². The van der Waals surface area contributed by atoms with Gasteiger partial charge in [-0.25, -0.2) is 0 Å². The zero-order chi connectivity index (χ0) is 20.1. The van der Waals surface area contributed by atoms with Crippen molar-refractivity contribution >= 4 is 23.5 Å². The fourth-order valence-electron chi connectivity index (χ4n) is 3.50. The third-order valence-corrected chi connectivity index (χ3v) is 8.16. The summed E-state index contributed by atoms with van der Waals surface area (Å²) in [5.41, 5.74) is 3.34. The van der Waals surface area contributed by atoms with Gasteiger partial charge in [0.15, 0.2) is 0 Å². The maximum Gasteiger partial charge on any atom is 0.141 e. The van der Waals surface area contributed by atoms with Gasteiger partial charge >= 0.3 is 0 Å². The van der Waals surface area contributed by atoms with Gasteiger partial charge in [-0.1, -0.05) is 30.3 Å². The van der Waals surface area contributed by atoms with Gasteiger partial charge in [0.25, 0.3) is 0 Å². The molecule has 3 nitrogen and oxygen atoms in total. The van der Waals surface area contributed by atoms with Crippen LogP contribution >= 0.6 is 23.5 Å². The molecule has 1 aliphatic rings. The standard InChI is InChI=1S/C24H28NO2S2/c1-25(2,18-23-28-16-17-29-23)13-15-26-21-10-8-20(9-11-21)24-22(12-14-27-24)19-6-4-3-5-7-19/h3-12,14,23H,13,15-18H2,1-2H3/q+1. The van der Waals surface area contributed by atoms with Crippen molar-refractivity contribution in [3.8, 4) is 28.2 Å².